The molecule has 4 rings (SSSR count). The zero-order valence-corrected chi connectivity index (χ0v) is 16.7. The fraction of sp³-hybridized carbons (Fsp3) is 0.273. The molecule has 2 aromatic rings. The number of hydrogen-bond donors (Lipinski definition) is 0. The fourth-order valence-electron chi connectivity index (χ4n) is 3.95. The summed E-state index contributed by atoms with van der Waals surface area (Å²) in [5.41, 5.74) is 0.160. The Kier molecular flexibility index (Phi) is 5.12. The van der Waals surface area contributed by atoms with E-state index >= 15 is 0 Å². The van der Waals surface area contributed by atoms with Crippen molar-refractivity contribution in [2.75, 3.05) is 25.7 Å². The van der Waals surface area contributed by atoms with E-state index in [9.17, 15) is 22.8 Å². The number of methoxy groups -OCH3 is 2. The standard InChI is InChI=1S/C22H18F3NO5/c1-29-14-6-7-18(30-2)15(9-14)16-10-19(27)26(17-11-31-21(28)20(16)17)13-5-3-4-12(8-13)22(23,24)25/h3-9,16H,10-11H2,1-2H3/t16-/m0/s1. The van der Waals surface area contributed by atoms with Crippen LogP contribution in [-0.4, -0.2) is 32.7 Å². The Morgan fingerprint density at radius 2 is 1.84 bits per heavy atom. The molecule has 1 atom stereocenters. The van der Waals surface area contributed by atoms with Crippen molar-refractivity contribution in [1.82, 2.24) is 0 Å². The quantitative estimate of drug-likeness (QED) is 0.681. The summed E-state index contributed by atoms with van der Waals surface area (Å²) in [6.45, 7) is -0.209. The highest BCUT2D eigenvalue weighted by atomic mass is 19.4. The Labute approximate surface area is 175 Å². The first-order chi connectivity index (χ1) is 14.7. The lowest BCUT2D eigenvalue weighted by Crippen LogP contribution is -2.37. The third-order valence-corrected chi connectivity index (χ3v) is 5.36. The van der Waals surface area contributed by atoms with Crippen LogP contribution in [0.25, 0.3) is 0 Å². The second-order valence-electron chi connectivity index (χ2n) is 7.08. The average molecular weight is 433 g/mol. The minimum atomic E-state index is -4.56. The molecule has 0 bridgehead atoms. The lowest BCUT2D eigenvalue weighted by atomic mass is 9.83. The molecule has 2 aliphatic rings. The number of carbonyl (C=O) groups is 2. The second kappa shape index (κ2) is 7.64. The molecule has 2 heterocycles. The van der Waals surface area contributed by atoms with Gasteiger partial charge in [0.15, 0.2) is 0 Å². The number of hydrogen-bond acceptors (Lipinski definition) is 5. The third kappa shape index (κ3) is 3.60. The van der Waals surface area contributed by atoms with Crippen LogP contribution in [0.4, 0.5) is 18.9 Å². The molecule has 2 aliphatic heterocycles. The van der Waals surface area contributed by atoms with Crippen LogP contribution in [0.1, 0.15) is 23.5 Å². The summed E-state index contributed by atoms with van der Waals surface area (Å²) < 4.78 is 55.4. The Morgan fingerprint density at radius 1 is 1.06 bits per heavy atom. The Balaban J connectivity index is 1.85. The first-order valence-electron chi connectivity index (χ1n) is 9.37. The second-order valence-corrected chi connectivity index (χ2v) is 7.08. The monoisotopic (exact) mass is 433 g/mol. The minimum absolute atomic E-state index is 0.0293. The van der Waals surface area contributed by atoms with Crippen molar-refractivity contribution in [3.8, 4) is 11.5 Å². The highest BCUT2D eigenvalue weighted by Gasteiger charge is 2.44. The molecule has 9 heteroatoms. The number of ether oxygens (including phenoxy) is 3. The Hall–Kier alpha value is -3.49. The van der Waals surface area contributed by atoms with E-state index in [1.807, 2.05) is 0 Å². The van der Waals surface area contributed by atoms with Crippen LogP contribution in [0.5, 0.6) is 11.5 Å². The number of rotatable bonds is 4. The molecule has 2 aromatic carbocycles. The van der Waals surface area contributed by atoms with Crippen molar-refractivity contribution in [1.29, 1.82) is 0 Å². The number of cyclic esters (lactones) is 1. The molecule has 0 aromatic heterocycles. The summed E-state index contributed by atoms with van der Waals surface area (Å²) in [5, 5.41) is 0. The molecule has 6 nitrogen and oxygen atoms in total. The van der Waals surface area contributed by atoms with Gasteiger partial charge in [-0.15, -0.1) is 0 Å². The molecule has 0 fully saturated rings. The molecular formula is C22H18F3NO5. The van der Waals surface area contributed by atoms with Crippen LogP contribution < -0.4 is 14.4 Å². The van der Waals surface area contributed by atoms with E-state index in [1.54, 1.807) is 18.2 Å². The maximum atomic E-state index is 13.2. The van der Waals surface area contributed by atoms with Crippen molar-refractivity contribution in [3.05, 3.63) is 64.9 Å². The van der Waals surface area contributed by atoms with Gasteiger partial charge in [-0.05, 0) is 36.4 Å². The molecule has 0 unspecified atom stereocenters. The van der Waals surface area contributed by atoms with Crippen LogP contribution >= 0.6 is 0 Å². The summed E-state index contributed by atoms with van der Waals surface area (Å²) in [5.74, 6) is -0.778. The maximum Gasteiger partial charge on any atom is 0.416 e. The number of esters is 1. The van der Waals surface area contributed by atoms with Gasteiger partial charge in [0.1, 0.15) is 18.1 Å². The minimum Gasteiger partial charge on any atom is -0.497 e. The summed E-state index contributed by atoms with van der Waals surface area (Å²) in [7, 11) is 2.95. The van der Waals surface area contributed by atoms with Crippen molar-refractivity contribution in [2.45, 2.75) is 18.5 Å². The zero-order valence-electron chi connectivity index (χ0n) is 16.7. The predicted octanol–water partition coefficient (Wildman–Crippen LogP) is 4.05. The Morgan fingerprint density at radius 3 is 2.52 bits per heavy atom. The first-order valence-corrected chi connectivity index (χ1v) is 9.37. The zero-order chi connectivity index (χ0) is 22.3. The van der Waals surface area contributed by atoms with E-state index in [1.165, 1.54) is 26.4 Å². The number of anilines is 1. The number of benzene rings is 2. The van der Waals surface area contributed by atoms with E-state index in [4.69, 9.17) is 14.2 Å². The highest BCUT2D eigenvalue weighted by Crippen LogP contribution is 2.45. The molecular weight excluding hydrogens is 415 g/mol. The molecule has 1 amide bonds. The number of amides is 1. The van der Waals surface area contributed by atoms with Gasteiger partial charge in [0, 0.05) is 23.6 Å². The fourth-order valence-corrected chi connectivity index (χ4v) is 3.95. The highest BCUT2D eigenvalue weighted by molar-refractivity contribution is 6.06. The molecule has 0 saturated heterocycles. The van der Waals surface area contributed by atoms with Gasteiger partial charge in [-0.3, -0.25) is 9.69 Å². The molecule has 0 spiro atoms. The van der Waals surface area contributed by atoms with Crippen LogP contribution in [0.15, 0.2) is 53.7 Å². The van der Waals surface area contributed by atoms with Gasteiger partial charge in [0.2, 0.25) is 5.91 Å². The molecule has 0 N–H and O–H groups in total. The lowest BCUT2D eigenvalue weighted by Gasteiger charge is -2.32. The molecule has 0 saturated carbocycles. The van der Waals surface area contributed by atoms with E-state index in [2.05, 4.69) is 0 Å². The normalized spacial score (nSPS) is 18.7. The molecule has 0 aliphatic carbocycles. The van der Waals surface area contributed by atoms with Gasteiger partial charge in [0.25, 0.3) is 0 Å². The van der Waals surface area contributed by atoms with E-state index < -0.39 is 29.5 Å². The SMILES string of the molecule is COc1ccc(OC)c([C@@H]2CC(=O)N(c3cccc(C(F)(F)F)c3)C3=C2C(=O)OC3)c1. The van der Waals surface area contributed by atoms with Crippen LogP contribution in [0.2, 0.25) is 0 Å². The van der Waals surface area contributed by atoms with Gasteiger partial charge >= 0.3 is 12.1 Å². The van der Waals surface area contributed by atoms with Crippen LogP contribution in [-0.2, 0) is 20.5 Å². The van der Waals surface area contributed by atoms with E-state index in [-0.39, 0.29) is 30.0 Å². The third-order valence-electron chi connectivity index (χ3n) is 5.36. The van der Waals surface area contributed by atoms with E-state index in [0.29, 0.717) is 17.1 Å². The summed E-state index contributed by atoms with van der Waals surface area (Å²) in [6.07, 6.45) is -4.71. The van der Waals surface area contributed by atoms with Crippen molar-refractivity contribution in [2.24, 2.45) is 0 Å². The molecule has 0 radical (unpaired) electrons. The van der Waals surface area contributed by atoms with Gasteiger partial charge in [-0.1, -0.05) is 6.07 Å². The largest absolute Gasteiger partial charge is 0.497 e. The number of halogens is 3. The Bertz CT molecular complexity index is 1090. The first kappa shape index (κ1) is 20.8. The maximum absolute atomic E-state index is 13.2. The summed E-state index contributed by atoms with van der Waals surface area (Å²) in [4.78, 5) is 26.8. The summed E-state index contributed by atoms with van der Waals surface area (Å²) >= 11 is 0. The van der Waals surface area contributed by atoms with Crippen molar-refractivity contribution >= 4 is 17.6 Å². The number of nitrogens with zero attached hydrogens (tertiary/aromatic N) is 1. The van der Waals surface area contributed by atoms with Gasteiger partial charge < -0.3 is 14.2 Å². The van der Waals surface area contributed by atoms with Crippen molar-refractivity contribution in [3.63, 3.8) is 0 Å². The van der Waals surface area contributed by atoms with Gasteiger partial charge in [0.05, 0.1) is 31.1 Å². The van der Waals surface area contributed by atoms with Crippen molar-refractivity contribution < 1.29 is 37.0 Å². The predicted molar refractivity (Wildman–Crippen MR) is 104 cm³/mol. The number of carbonyl (C=O) groups excluding carboxylic acids is 2. The summed E-state index contributed by atoms with van der Waals surface area (Å²) in [6, 6.07) is 9.45. The molecule has 162 valence electrons. The van der Waals surface area contributed by atoms with Gasteiger partial charge in [-0.2, -0.15) is 13.2 Å². The van der Waals surface area contributed by atoms with Gasteiger partial charge in [-0.25, -0.2) is 4.79 Å². The average Bonchev–Trinajstić information content (AvgIpc) is 3.13. The number of alkyl halides is 3. The smallest absolute Gasteiger partial charge is 0.416 e. The lowest BCUT2D eigenvalue weighted by molar-refractivity contribution is -0.138. The topological polar surface area (TPSA) is 65.1 Å². The van der Waals surface area contributed by atoms with Crippen LogP contribution in [0.3, 0.4) is 0 Å². The molecule has 31 heavy (non-hydrogen) atoms. The van der Waals surface area contributed by atoms with E-state index in [0.717, 1.165) is 17.0 Å². The van der Waals surface area contributed by atoms with Crippen LogP contribution in [0, 0.1) is 0 Å².